The highest BCUT2D eigenvalue weighted by molar-refractivity contribution is 9.10. The molecule has 0 saturated carbocycles. The van der Waals surface area contributed by atoms with Gasteiger partial charge in [0.05, 0.1) is 21.8 Å². The molecule has 2 rings (SSSR count). The van der Waals surface area contributed by atoms with E-state index in [2.05, 4.69) is 21.2 Å². The molecule has 0 saturated heterocycles. The number of halogens is 2. The minimum atomic E-state index is -0.391. The molecule has 0 atom stereocenters. The molecule has 100 valence electrons. The summed E-state index contributed by atoms with van der Waals surface area (Å²) in [4.78, 5) is 12.2. The number of rotatable bonds is 2. The fourth-order valence-electron chi connectivity index (χ4n) is 1.63. The first-order valence-corrected chi connectivity index (χ1v) is 6.75. The average Bonchev–Trinajstić information content (AvgIpc) is 2.43. The molecule has 3 N–H and O–H groups in total. The Labute approximate surface area is 129 Å². The van der Waals surface area contributed by atoms with E-state index in [0.717, 1.165) is 0 Å². The van der Waals surface area contributed by atoms with Crippen LogP contribution in [-0.4, -0.2) is 5.91 Å². The summed E-state index contributed by atoms with van der Waals surface area (Å²) in [6.07, 6.45) is 0. The Bertz CT molecular complexity index is 725. The van der Waals surface area contributed by atoms with Crippen molar-refractivity contribution >= 4 is 44.8 Å². The standard InChI is InChI=1S/C14H9BrClN3O/c15-11-3-1-2-10(13(11)16)14(20)19-12-5-4-9(18)6-8(12)7-17/h1-6H,18H2,(H,19,20). The van der Waals surface area contributed by atoms with Crippen molar-refractivity contribution in [3.8, 4) is 6.07 Å². The maximum atomic E-state index is 12.2. The van der Waals surface area contributed by atoms with E-state index in [0.29, 0.717) is 32.0 Å². The van der Waals surface area contributed by atoms with E-state index >= 15 is 0 Å². The molecule has 0 aliphatic carbocycles. The molecule has 0 aromatic heterocycles. The number of anilines is 2. The van der Waals surface area contributed by atoms with E-state index in [-0.39, 0.29) is 0 Å². The van der Waals surface area contributed by atoms with Crippen molar-refractivity contribution in [2.75, 3.05) is 11.1 Å². The summed E-state index contributed by atoms with van der Waals surface area (Å²) in [6.45, 7) is 0. The Kier molecular flexibility index (Phi) is 4.28. The fourth-order valence-corrected chi connectivity index (χ4v) is 2.21. The number of carbonyl (C=O) groups excluding carboxylic acids is 1. The molecule has 4 nitrogen and oxygen atoms in total. The molecule has 0 bridgehead atoms. The first-order chi connectivity index (χ1) is 9.52. The Hall–Kier alpha value is -2.03. The maximum absolute atomic E-state index is 12.2. The summed E-state index contributed by atoms with van der Waals surface area (Å²) in [5, 5.41) is 12.0. The minimum absolute atomic E-state index is 0.296. The van der Waals surface area contributed by atoms with Crippen molar-refractivity contribution in [1.29, 1.82) is 5.26 Å². The largest absolute Gasteiger partial charge is 0.399 e. The lowest BCUT2D eigenvalue weighted by molar-refractivity contribution is 0.102. The van der Waals surface area contributed by atoms with Crippen LogP contribution >= 0.6 is 27.5 Å². The Balaban J connectivity index is 2.33. The number of nitrogens with zero attached hydrogens (tertiary/aromatic N) is 1. The number of benzene rings is 2. The van der Waals surface area contributed by atoms with Crippen molar-refractivity contribution in [3.05, 3.63) is 57.0 Å². The lowest BCUT2D eigenvalue weighted by Gasteiger charge is -2.09. The molecular formula is C14H9BrClN3O. The summed E-state index contributed by atoms with van der Waals surface area (Å²) in [5.41, 5.74) is 7.06. The molecule has 0 heterocycles. The van der Waals surface area contributed by atoms with Crippen molar-refractivity contribution < 1.29 is 4.79 Å². The number of hydrogen-bond donors (Lipinski definition) is 2. The van der Waals surface area contributed by atoms with Gasteiger partial charge >= 0.3 is 0 Å². The highest BCUT2D eigenvalue weighted by atomic mass is 79.9. The zero-order chi connectivity index (χ0) is 14.7. The van der Waals surface area contributed by atoms with Gasteiger partial charge < -0.3 is 11.1 Å². The third-order valence-corrected chi connectivity index (χ3v) is 3.90. The fraction of sp³-hybridized carbons (Fsp3) is 0. The summed E-state index contributed by atoms with van der Waals surface area (Å²) >= 11 is 9.32. The molecule has 0 spiro atoms. The van der Waals surface area contributed by atoms with Crippen molar-refractivity contribution in [2.24, 2.45) is 0 Å². The lowest BCUT2D eigenvalue weighted by Crippen LogP contribution is -2.13. The van der Waals surface area contributed by atoms with Crippen LogP contribution in [-0.2, 0) is 0 Å². The number of carbonyl (C=O) groups is 1. The van der Waals surface area contributed by atoms with Gasteiger partial charge in [-0.3, -0.25) is 4.79 Å². The van der Waals surface area contributed by atoms with Crippen molar-refractivity contribution in [1.82, 2.24) is 0 Å². The average molecular weight is 351 g/mol. The summed E-state index contributed by atoms with van der Waals surface area (Å²) < 4.78 is 0.629. The van der Waals surface area contributed by atoms with Crippen LogP contribution in [0.15, 0.2) is 40.9 Å². The predicted octanol–water partition coefficient (Wildman–Crippen LogP) is 3.81. The number of nitriles is 1. The van der Waals surface area contributed by atoms with Crippen LogP contribution in [0.3, 0.4) is 0 Å². The Morgan fingerprint density at radius 1 is 1.35 bits per heavy atom. The van der Waals surface area contributed by atoms with Gasteiger partial charge in [0.15, 0.2) is 0 Å². The molecule has 0 unspecified atom stereocenters. The van der Waals surface area contributed by atoms with E-state index in [4.69, 9.17) is 22.6 Å². The Morgan fingerprint density at radius 3 is 2.80 bits per heavy atom. The molecule has 0 fully saturated rings. The maximum Gasteiger partial charge on any atom is 0.257 e. The summed E-state index contributed by atoms with van der Waals surface area (Å²) in [6, 6.07) is 11.7. The number of nitrogens with two attached hydrogens (primary N) is 1. The molecule has 6 heteroatoms. The topological polar surface area (TPSA) is 78.9 Å². The molecule has 2 aromatic rings. The van der Waals surface area contributed by atoms with Gasteiger partial charge in [-0.1, -0.05) is 17.7 Å². The van der Waals surface area contributed by atoms with E-state index in [1.54, 1.807) is 30.3 Å². The highest BCUT2D eigenvalue weighted by Gasteiger charge is 2.14. The van der Waals surface area contributed by atoms with Crippen LogP contribution < -0.4 is 11.1 Å². The lowest BCUT2D eigenvalue weighted by atomic mass is 10.1. The van der Waals surface area contributed by atoms with Crippen molar-refractivity contribution in [3.63, 3.8) is 0 Å². The third kappa shape index (κ3) is 2.93. The van der Waals surface area contributed by atoms with Gasteiger partial charge in [-0.25, -0.2) is 0 Å². The van der Waals surface area contributed by atoms with Gasteiger partial charge in [-0.15, -0.1) is 0 Å². The first-order valence-electron chi connectivity index (χ1n) is 5.58. The number of nitrogens with one attached hydrogen (secondary N) is 1. The summed E-state index contributed by atoms with van der Waals surface area (Å²) in [5.74, 6) is -0.391. The second kappa shape index (κ2) is 5.95. The molecule has 0 radical (unpaired) electrons. The smallest absolute Gasteiger partial charge is 0.257 e. The quantitative estimate of drug-likeness (QED) is 0.808. The monoisotopic (exact) mass is 349 g/mol. The van der Waals surface area contributed by atoms with Crippen LogP contribution in [0, 0.1) is 11.3 Å². The number of nitrogen functional groups attached to an aromatic ring is 1. The zero-order valence-corrected chi connectivity index (χ0v) is 12.5. The van der Waals surface area contributed by atoms with E-state index < -0.39 is 5.91 Å². The van der Waals surface area contributed by atoms with Crippen LogP contribution in [0.5, 0.6) is 0 Å². The van der Waals surface area contributed by atoms with Crippen LogP contribution in [0.4, 0.5) is 11.4 Å². The second-order valence-corrected chi connectivity index (χ2v) is 5.20. The van der Waals surface area contributed by atoms with Gasteiger partial charge in [0.25, 0.3) is 5.91 Å². The minimum Gasteiger partial charge on any atom is -0.399 e. The first kappa shape index (κ1) is 14.4. The van der Waals surface area contributed by atoms with Gasteiger partial charge in [-0.2, -0.15) is 5.26 Å². The van der Waals surface area contributed by atoms with Gasteiger partial charge in [0.2, 0.25) is 0 Å². The molecule has 0 aliphatic heterocycles. The molecule has 20 heavy (non-hydrogen) atoms. The van der Waals surface area contributed by atoms with E-state index in [1.807, 2.05) is 6.07 Å². The number of amides is 1. The summed E-state index contributed by atoms with van der Waals surface area (Å²) in [7, 11) is 0. The Morgan fingerprint density at radius 2 is 2.10 bits per heavy atom. The van der Waals surface area contributed by atoms with Gasteiger partial charge in [-0.05, 0) is 46.3 Å². The zero-order valence-electron chi connectivity index (χ0n) is 10.2. The van der Waals surface area contributed by atoms with Crippen molar-refractivity contribution in [2.45, 2.75) is 0 Å². The van der Waals surface area contributed by atoms with Crippen LogP contribution in [0.2, 0.25) is 5.02 Å². The van der Waals surface area contributed by atoms with E-state index in [1.165, 1.54) is 6.07 Å². The SMILES string of the molecule is N#Cc1cc(N)ccc1NC(=O)c1cccc(Br)c1Cl. The van der Waals surface area contributed by atoms with Gasteiger partial charge in [0.1, 0.15) is 6.07 Å². The number of hydrogen-bond acceptors (Lipinski definition) is 3. The molecular weight excluding hydrogens is 342 g/mol. The third-order valence-electron chi connectivity index (χ3n) is 2.61. The van der Waals surface area contributed by atoms with E-state index in [9.17, 15) is 4.79 Å². The predicted molar refractivity (Wildman–Crippen MR) is 82.7 cm³/mol. The second-order valence-electron chi connectivity index (χ2n) is 3.97. The van der Waals surface area contributed by atoms with Gasteiger partial charge in [0, 0.05) is 10.2 Å². The molecule has 2 aromatic carbocycles. The van der Waals surface area contributed by atoms with Crippen LogP contribution in [0.1, 0.15) is 15.9 Å². The van der Waals surface area contributed by atoms with Crippen LogP contribution in [0.25, 0.3) is 0 Å². The molecule has 1 amide bonds. The highest BCUT2D eigenvalue weighted by Crippen LogP contribution is 2.27. The normalized spacial score (nSPS) is 9.85. The molecule has 0 aliphatic rings.